The van der Waals surface area contributed by atoms with Crippen LogP contribution in [0.5, 0.6) is 0 Å². The molecule has 0 aliphatic carbocycles. The van der Waals surface area contributed by atoms with E-state index in [-0.39, 0.29) is 17.5 Å². The molecule has 17 rings (SSSR count). The number of hydrogen-bond donors (Lipinski definition) is 0. The van der Waals surface area contributed by atoms with E-state index >= 15 is 0 Å². The van der Waals surface area contributed by atoms with Crippen molar-refractivity contribution in [2.24, 2.45) is 0 Å². The minimum atomic E-state index is -0.0669. The molecule has 7 nitrogen and oxygen atoms in total. The SMILES string of the molecule is CC(C)(C)c1ccc2c(c1)c1cc(C(C)(C)C)ccc1n2-c1ccc(-c2cc(-c3ccccc3)nc(-c3ccccc3)n2)cc1-c1cc(-c2ccccc2)nc(-c2cccc(-c3cccc(N4c5ccccc5B5c6ccccc6N(c6ccccc6)c6cccc4c65)c3)c2)n1. The molecule has 3 aromatic heterocycles. The van der Waals surface area contributed by atoms with E-state index in [1.165, 1.54) is 55.3 Å². The van der Waals surface area contributed by atoms with Gasteiger partial charge in [-0.25, -0.2) is 19.9 Å². The lowest BCUT2D eigenvalue weighted by Gasteiger charge is -2.44. The average molecular weight is 1230 g/mol. The number of para-hydroxylation sites is 3. The lowest BCUT2D eigenvalue weighted by atomic mass is 9.33. The Kier molecular flexibility index (Phi) is 14.0. The highest BCUT2D eigenvalue weighted by atomic mass is 15.2. The molecule has 0 radical (unpaired) electrons. The number of fused-ring (bicyclic) bond motifs is 7. The van der Waals surface area contributed by atoms with E-state index in [0.29, 0.717) is 11.6 Å². The van der Waals surface area contributed by atoms with Crippen LogP contribution in [-0.2, 0) is 10.8 Å². The van der Waals surface area contributed by atoms with Gasteiger partial charge >= 0.3 is 0 Å². The number of nitrogens with zero attached hydrogens (tertiary/aromatic N) is 7. The van der Waals surface area contributed by atoms with Crippen LogP contribution in [0.1, 0.15) is 52.7 Å². The van der Waals surface area contributed by atoms with Gasteiger partial charge in [-0.2, -0.15) is 0 Å². The molecule has 0 fully saturated rings. The smallest absolute Gasteiger partial charge is 0.252 e. The van der Waals surface area contributed by atoms with Crippen molar-refractivity contribution in [2.75, 3.05) is 9.80 Å². The zero-order valence-electron chi connectivity index (χ0n) is 54.6. The van der Waals surface area contributed by atoms with Crippen LogP contribution in [0.15, 0.2) is 303 Å². The molecule has 0 amide bonds. The van der Waals surface area contributed by atoms with E-state index in [1.54, 1.807) is 0 Å². The first-order chi connectivity index (χ1) is 46.9. The lowest BCUT2D eigenvalue weighted by molar-refractivity contribution is 0.590. The zero-order valence-corrected chi connectivity index (χ0v) is 54.6. The summed E-state index contributed by atoms with van der Waals surface area (Å²) in [6, 6.07) is 110. The summed E-state index contributed by atoms with van der Waals surface area (Å²) in [6.45, 7) is 13.8. The molecule has 12 aromatic carbocycles. The van der Waals surface area contributed by atoms with Crippen LogP contribution < -0.4 is 26.2 Å². The van der Waals surface area contributed by atoms with Gasteiger partial charge in [0.1, 0.15) is 0 Å². The van der Waals surface area contributed by atoms with E-state index in [0.717, 1.165) is 101 Å². The largest absolute Gasteiger partial charge is 0.311 e. The van der Waals surface area contributed by atoms with Crippen LogP contribution in [0.3, 0.4) is 0 Å². The Bertz CT molecular complexity index is 5390. The van der Waals surface area contributed by atoms with Gasteiger partial charge in [0.25, 0.3) is 6.71 Å². The van der Waals surface area contributed by atoms with Crippen molar-refractivity contribution in [3.05, 3.63) is 314 Å². The van der Waals surface area contributed by atoms with Gasteiger partial charge in [0.05, 0.1) is 39.5 Å². The maximum Gasteiger partial charge on any atom is 0.252 e. The van der Waals surface area contributed by atoms with Crippen molar-refractivity contribution in [1.29, 1.82) is 0 Å². The second-order valence-electron chi connectivity index (χ2n) is 27.5. The molecule has 8 heteroatoms. The molecule has 0 saturated carbocycles. The average Bonchev–Trinajstić information content (AvgIpc) is 0.793. The highest BCUT2D eigenvalue weighted by Gasteiger charge is 2.43. The molecular weight excluding hydrogens is 1170 g/mol. The van der Waals surface area contributed by atoms with Crippen LogP contribution in [0.4, 0.5) is 34.1 Å². The quantitative estimate of drug-likeness (QED) is 0.127. The van der Waals surface area contributed by atoms with Gasteiger partial charge in [-0.05, 0) is 153 Å². The number of hydrogen-bond acceptors (Lipinski definition) is 6. The van der Waals surface area contributed by atoms with Gasteiger partial charge in [0, 0.05) is 78.3 Å². The van der Waals surface area contributed by atoms with Crippen LogP contribution >= 0.6 is 0 Å². The van der Waals surface area contributed by atoms with Gasteiger partial charge in [0.15, 0.2) is 11.6 Å². The molecule has 0 atom stereocenters. The summed E-state index contributed by atoms with van der Waals surface area (Å²) in [7, 11) is 0. The third-order valence-corrected chi connectivity index (χ3v) is 19.3. The summed E-state index contributed by atoms with van der Waals surface area (Å²) in [5.41, 5.74) is 27.5. The Morgan fingerprint density at radius 3 is 1.27 bits per heavy atom. The van der Waals surface area contributed by atoms with E-state index < -0.39 is 0 Å². The van der Waals surface area contributed by atoms with Crippen LogP contribution in [0.2, 0.25) is 0 Å². The highest BCUT2D eigenvalue weighted by molar-refractivity contribution is 7.00. The molecule has 0 unspecified atom stereocenters. The Hall–Kier alpha value is -11.7. The van der Waals surface area contributed by atoms with Crippen molar-refractivity contribution in [1.82, 2.24) is 24.5 Å². The van der Waals surface area contributed by atoms with Gasteiger partial charge in [-0.1, -0.05) is 242 Å². The topological polar surface area (TPSA) is 63.0 Å². The maximum absolute atomic E-state index is 5.77. The fourth-order valence-electron chi connectivity index (χ4n) is 14.5. The first kappa shape index (κ1) is 58.1. The molecule has 2 aliphatic rings. The zero-order chi connectivity index (χ0) is 64.8. The summed E-state index contributed by atoms with van der Waals surface area (Å²) in [4.78, 5) is 26.8. The van der Waals surface area contributed by atoms with Crippen LogP contribution in [-0.4, -0.2) is 31.2 Å². The number of benzene rings is 12. The summed E-state index contributed by atoms with van der Waals surface area (Å²) < 4.78 is 2.45. The van der Waals surface area contributed by atoms with Crippen molar-refractivity contribution >= 4 is 79.0 Å². The van der Waals surface area contributed by atoms with Gasteiger partial charge in [-0.3, -0.25) is 0 Å². The molecule has 0 spiro atoms. The van der Waals surface area contributed by atoms with E-state index in [9.17, 15) is 0 Å². The van der Waals surface area contributed by atoms with E-state index in [4.69, 9.17) is 19.9 Å². The fourth-order valence-corrected chi connectivity index (χ4v) is 14.5. The Balaban J connectivity index is 0.849. The molecule has 0 bridgehead atoms. The molecule has 0 N–H and O–H groups in total. The standard InChI is InChI=1S/C88H68BN7/c1-87(2,3)64-45-48-77-68(53-64)69-54-65(88(4,5)6)46-49-78(69)96(77)79-47-44-62(75-55-73(57-26-11-7-12-27-57)90-85(92-75)59-30-15-9-16-31-59)52-70(79)76-56-74(58-28-13-8-14-29-58)91-86(93-76)63-34-23-32-60(50-63)61-33-24-37-67(51-61)95-81-41-22-20-39-72(81)89-71-38-19-21-40-80(71)94(66-35-17-10-18-36-66)82-42-25-43-83(95)84(82)89/h7-56H,1-6H3. The second kappa shape index (κ2) is 23.1. The lowest BCUT2D eigenvalue weighted by Crippen LogP contribution is -2.61. The van der Waals surface area contributed by atoms with Gasteiger partial charge < -0.3 is 14.4 Å². The van der Waals surface area contributed by atoms with Crippen molar-refractivity contribution in [2.45, 2.75) is 52.4 Å². The fraction of sp³-hybridized carbons (Fsp3) is 0.0909. The number of rotatable bonds is 10. The molecule has 5 heterocycles. The molecular formula is C88H68BN7. The minimum Gasteiger partial charge on any atom is -0.311 e. The molecule has 15 aromatic rings. The normalized spacial score (nSPS) is 12.6. The second-order valence-corrected chi connectivity index (χ2v) is 27.5. The third-order valence-electron chi connectivity index (χ3n) is 19.3. The van der Waals surface area contributed by atoms with Gasteiger partial charge in [-0.15, -0.1) is 0 Å². The first-order valence-electron chi connectivity index (χ1n) is 33.2. The Labute approximate surface area is 561 Å². The number of anilines is 6. The third kappa shape index (κ3) is 10.2. The monoisotopic (exact) mass is 1230 g/mol. The molecule has 0 saturated heterocycles. The summed E-state index contributed by atoms with van der Waals surface area (Å²) in [5.74, 6) is 1.27. The first-order valence-corrected chi connectivity index (χ1v) is 33.2. The Morgan fingerprint density at radius 2 is 0.698 bits per heavy atom. The van der Waals surface area contributed by atoms with E-state index in [1.807, 2.05) is 24.3 Å². The number of aromatic nitrogens is 5. The summed E-state index contributed by atoms with van der Waals surface area (Å²) in [5, 5.41) is 2.42. The van der Waals surface area contributed by atoms with E-state index in [2.05, 4.69) is 335 Å². The minimum absolute atomic E-state index is 0.0484. The highest BCUT2D eigenvalue weighted by Crippen LogP contribution is 2.46. The predicted octanol–water partition coefficient (Wildman–Crippen LogP) is 20.7. The summed E-state index contributed by atoms with van der Waals surface area (Å²) >= 11 is 0. The predicted molar refractivity (Wildman–Crippen MR) is 401 cm³/mol. The van der Waals surface area contributed by atoms with Crippen molar-refractivity contribution in [3.8, 4) is 84.6 Å². The summed E-state index contributed by atoms with van der Waals surface area (Å²) in [6.07, 6.45) is 0. The molecule has 96 heavy (non-hydrogen) atoms. The Morgan fingerprint density at radius 1 is 0.281 bits per heavy atom. The van der Waals surface area contributed by atoms with Crippen LogP contribution in [0, 0.1) is 0 Å². The van der Waals surface area contributed by atoms with Crippen molar-refractivity contribution < 1.29 is 0 Å². The molecule has 2 aliphatic heterocycles. The maximum atomic E-state index is 5.77. The van der Waals surface area contributed by atoms with Crippen LogP contribution in [0.25, 0.3) is 106 Å². The van der Waals surface area contributed by atoms with Gasteiger partial charge in [0.2, 0.25) is 0 Å². The molecule has 458 valence electrons. The van der Waals surface area contributed by atoms with Crippen molar-refractivity contribution in [3.63, 3.8) is 0 Å².